The van der Waals surface area contributed by atoms with Crippen molar-refractivity contribution in [2.75, 3.05) is 29.5 Å². The molecule has 2 heterocycles. The average Bonchev–Trinajstić information content (AvgIpc) is 3.58. The van der Waals surface area contributed by atoms with Crippen LogP contribution in [0.15, 0.2) is 102 Å². The van der Waals surface area contributed by atoms with E-state index < -0.39 is 56.5 Å². The molecule has 65 heavy (non-hydrogen) atoms. The number of carboxylic acid groups (broad SMARTS) is 4. The van der Waals surface area contributed by atoms with E-state index in [0.29, 0.717) is 57.9 Å². The predicted octanol–water partition coefficient (Wildman–Crippen LogP) is 3.47. The minimum Gasteiger partial charge on any atom is -0.748 e. The molecule has 0 fully saturated rings. The first-order valence-electron chi connectivity index (χ1n) is 20.2. The van der Waals surface area contributed by atoms with E-state index >= 15 is 0 Å². The van der Waals surface area contributed by atoms with Gasteiger partial charge in [0.05, 0.1) is 38.1 Å². The van der Waals surface area contributed by atoms with E-state index in [1.54, 1.807) is 48.6 Å². The molecule has 1 atom stereocenters. The van der Waals surface area contributed by atoms with Gasteiger partial charge in [-0.2, -0.15) is 8.91 Å². The number of aliphatic carboxylic acids is 1. The van der Waals surface area contributed by atoms with Gasteiger partial charge in [0.15, 0.2) is 5.71 Å². The van der Waals surface area contributed by atoms with Gasteiger partial charge in [0.2, 0.25) is 5.69 Å². The number of carbonyl (C=O) groups is 4. The molecule has 0 aromatic heterocycles. The summed E-state index contributed by atoms with van der Waals surface area (Å²) in [6.07, 6.45) is 7.97. The van der Waals surface area contributed by atoms with Crippen molar-refractivity contribution < 1.29 is 101 Å². The maximum atomic E-state index is 12.9. The van der Waals surface area contributed by atoms with Gasteiger partial charge in [-0.15, -0.1) is 0 Å². The smallest absolute Gasteiger partial charge is 0.748 e. The summed E-state index contributed by atoms with van der Waals surface area (Å²) in [5, 5.41) is 53.8. The Bertz CT molecular complexity index is 2670. The molecule has 1 unspecified atom stereocenters. The number of benzene rings is 3. The molecule has 0 spiro atoms. The van der Waals surface area contributed by atoms with Crippen molar-refractivity contribution in [3.05, 3.63) is 135 Å². The molecule has 6 rings (SSSR count). The summed E-state index contributed by atoms with van der Waals surface area (Å²) in [6.45, 7) is 8.21. The Labute approximate surface area is 402 Å². The quantitative estimate of drug-likeness (QED) is 0.0271. The molecular weight excluding hydrogens is 892 g/mol. The van der Waals surface area contributed by atoms with Crippen molar-refractivity contribution in [1.82, 2.24) is 0 Å². The summed E-state index contributed by atoms with van der Waals surface area (Å²) in [6, 6.07) is 15.8. The molecule has 3 aliphatic rings. The summed E-state index contributed by atoms with van der Waals surface area (Å²) in [5.74, 6) is -5.54. The molecule has 0 saturated heterocycles. The zero-order valence-electron chi connectivity index (χ0n) is 36.4. The standard InChI is InChI=1S/C46H48N2O14S2.Na/c1-45(2)34-25-31(42(51)52)11-15-36(34)47(19-5-21-63-62-61-57)38(45)17-13-29-23-33(44(55)56)24-30(40(29)27-7-9-28(10-8-27)41(49)50)14-18-39-46(3,4)35-26-32(43(53)54)12-16-37(35)48(39)20-6-22-64(58,59)60;/h7-18,25-26,33H,5-6,19-24H2,1-4H3,(H5-,49,50,51,52,53,54,55,56,57,58,59,60);/q;+1/p-1. The molecule has 0 bridgehead atoms. The van der Waals surface area contributed by atoms with Gasteiger partial charge in [-0.1, -0.05) is 38.1 Å². The molecule has 3 aromatic rings. The van der Waals surface area contributed by atoms with Crippen molar-refractivity contribution in [2.45, 2.75) is 64.2 Å². The molecule has 0 saturated carbocycles. The first-order valence-corrected chi connectivity index (χ1v) is 22.7. The van der Waals surface area contributed by atoms with Crippen LogP contribution in [0.3, 0.4) is 0 Å². The van der Waals surface area contributed by atoms with Crippen molar-refractivity contribution in [3.63, 3.8) is 0 Å². The van der Waals surface area contributed by atoms with Gasteiger partial charge < -0.3 is 35.1 Å². The van der Waals surface area contributed by atoms with E-state index in [2.05, 4.69) is 9.37 Å². The van der Waals surface area contributed by atoms with Crippen molar-refractivity contribution in [2.24, 2.45) is 5.92 Å². The SMILES string of the molecule is CC1(C)C(/C=C/C2=C(c3ccc(C(=O)O)cc3)C(=C/C=C3/N(CCCS(=O)(=O)[O-])c4ccc(C(=O)O)cc4C3(C)C)/CC(C(=O)O)C2)=[N+](CCCSOO[O-])c2ccc(C(=O)O)cc21.[Na+]. The fourth-order valence-electron chi connectivity index (χ4n) is 8.83. The van der Waals surface area contributed by atoms with E-state index in [4.69, 9.17) is 0 Å². The van der Waals surface area contributed by atoms with E-state index in [0.717, 1.165) is 29.0 Å². The topological polar surface area (TPSA) is 254 Å². The number of hydrogen-bond donors (Lipinski definition) is 4. The maximum absolute atomic E-state index is 12.9. The maximum Gasteiger partial charge on any atom is 1.00 e. The van der Waals surface area contributed by atoms with Gasteiger partial charge in [-0.3, -0.25) is 9.83 Å². The number of aromatic carboxylic acids is 3. The average molecular weight is 939 g/mol. The Balaban J connectivity index is 0.00000793. The third kappa shape index (κ3) is 11.2. The van der Waals surface area contributed by atoms with Gasteiger partial charge in [0, 0.05) is 71.0 Å². The molecule has 1 aliphatic carbocycles. The summed E-state index contributed by atoms with van der Waals surface area (Å²) >= 11 is 0.841. The van der Waals surface area contributed by atoms with E-state index in [-0.39, 0.29) is 72.1 Å². The van der Waals surface area contributed by atoms with E-state index in [1.807, 2.05) is 49.3 Å². The number of carboxylic acids is 4. The summed E-state index contributed by atoms with van der Waals surface area (Å²) in [4.78, 5) is 50.7. The Hall–Kier alpha value is -4.89. The molecule has 16 nitrogen and oxygen atoms in total. The van der Waals surface area contributed by atoms with Crippen LogP contribution in [0.5, 0.6) is 0 Å². The molecule has 0 amide bonds. The van der Waals surface area contributed by atoms with Crippen molar-refractivity contribution >= 4 is 68.7 Å². The van der Waals surface area contributed by atoms with Crippen LogP contribution in [-0.4, -0.2) is 92.2 Å². The summed E-state index contributed by atoms with van der Waals surface area (Å²) in [7, 11) is -4.55. The third-order valence-corrected chi connectivity index (χ3v) is 13.4. The van der Waals surface area contributed by atoms with Crippen LogP contribution >= 0.6 is 12.0 Å². The summed E-state index contributed by atoms with van der Waals surface area (Å²) < 4.78 is 41.4. The first-order chi connectivity index (χ1) is 30.1. The van der Waals surface area contributed by atoms with Crippen LogP contribution in [-0.2, 0) is 35.1 Å². The fourth-order valence-corrected chi connectivity index (χ4v) is 9.67. The minimum absolute atomic E-state index is 0. The molecule has 4 N–H and O–H groups in total. The number of rotatable bonds is 18. The second-order valence-corrected chi connectivity index (χ2v) is 19.0. The number of hydrogen-bond acceptors (Lipinski definition) is 12. The van der Waals surface area contributed by atoms with E-state index in [1.165, 1.54) is 24.3 Å². The monoisotopic (exact) mass is 938 g/mol. The molecule has 3 aromatic carbocycles. The zero-order chi connectivity index (χ0) is 46.7. The van der Waals surface area contributed by atoms with Crippen LogP contribution in [0, 0.1) is 5.92 Å². The van der Waals surface area contributed by atoms with Crippen LogP contribution in [0.2, 0.25) is 0 Å². The van der Waals surface area contributed by atoms with Crippen LogP contribution < -0.4 is 39.7 Å². The van der Waals surface area contributed by atoms with E-state index in [9.17, 15) is 57.8 Å². The Morgan fingerprint density at radius 2 is 1.45 bits per heavy atom. The zero-order valence-corrected chi connectivity index (χ0v) is 40.0. The van der Waals surface area contributed by atoms with Gasteiger partial charge in [-0.05, 0) is 109 Å². The molecule has 19 heteroatoms. The van der Waals surface area contributed by atoms with Crippen LogP contribution in [0.1, 0.15) is 101 Å². The normalized spacial score (nSPS) is 18.9. The largest absolute Gasteiger partial charge is 1.00 e. The first kappa shape index (κ1) is 51.1. The molecule has 0 radical (unpaired) electrons. The van der Waals surface area contributed by atoms with Crippen LogP contribution in [0.4, 0.5) is 11.4 Å². The van der Waals surface area contributed by atoms with Gasteiger partial charge in [0.25, 0.3) is 0 Å². The second-order valence-electron chi connectivity index (χ2n) is 16.7. The van der Waals surface area contributed by atoms with Crippen molar-refractivity contribution in [1.29, 1.82) is 0 Å². The molecule has 2 aliphatic heterocycles. The summed E-state index contributed by atoms with van der Waals surface area (Å²) in [5.41, 5.74) is 5.28. The Kier molecular flexibility index (Phi) is 16.3. The van der Waals surface area contributed by atoms with Gasteiger partial charge >= 0.3 is 53.4 Å². The number of allylic oxidation sites excluding steroid dienone is 8. The Morgan fingerprint density at radius 3 is 2.05 bits per heavy atom. The number of nitrogens with zero attached hydrogens (tertiary/aromatic N) is 2. The predicted molar refractivity (Wildman–Crippen MR) is 234 cm³/mol. The minimum atomic E-state index is -4.55. The van der Waals surface area contributed by atoms with Gasteiger partial charge in [0.1, 0.15) is 6.54 Å². The third-order valence-electron chi connectivity index (χ3n) is 12.0. The van der Waals surface area contributed by atoms with Crippen LogP contribution in [0.25, 0.3) is 5.57 Å². The fraction of sp³-hybridized carbons (Fsp3) is 0.326. The molecule has 338 valence electrons. The van der Waals surface area contributed by atoms with Gasteiger partial charge in [-0.25, -0.2) is 22.8 Å². The number of fused-ring (bicyclic) bond motifs is 2. The van der Waals surface area contributed by atoms with Crippen molar-refractivity contribution in [3.8, 4) is 0 Å². The Morgan fingerprint density at radius 1 is 0.831 bits per heavy atom. The number of anilines is 1. The molecular formula is C46H47N2NaO14S2. The second kappa shape index (κ2) is 20.7.